The summed E-state index contributed by atoms with van der Waals surface area (Å²) in [4.78, 5) is 2.45. The molecule has 3 nitrogen and oxygen atoms in total. The van der Waals surface area contributed by atoms with E-state index in [0.29, 0.717) is 6.10 Å². The van der Waals surface area contributed by atoms with Crippen molar-refractivity contribution in [3.8, 4) is 0 Å². The van der Waals surface area contributed by atoms with Crippen molar-refractivity contribution in [2.75, 3.05) is 19.6 Å². The van der Waals surface area contributed by atoms with Crippen LogP contribution in [0.25, 0.3) is 0 Å². The molecule has 0 aromatic heterocycles. The normalized spacial score (nSPS) is 36.0. The molecule has 1 saturated carbocycles. The first-order valence-corrected chi connectivity index (χ1v) is 7.26. The fraction of sp³-hybridized carbons (Fsp3) is 1.00. The van der Waals surface area contributed by atoms with E-state index in [1.54, 1.807) is 0 Å². The van der Waals surface area contributed by atoms with Gasteiger partial charge in [0.15, 0.2) is 0 Å². The molecule has 3 fully saturated rings. The van der Waals surface area contributed by atoms with Gasteiger partial charge in [0.25, 0.3) is 0 Å². The Bertz CT molecular complexity index is 276. The second-order valence-corrected chi connectivity index (χ2v) is 6.85. The summed E-state index contributed by atoms with van der Waals surface area (Å²) in [5.74, 6) is 0. The first kappa shape index (κ1) is 11.9. The number of likely N-dealkylation sites (tertiary alicyclic amines) is 1. The molecule has 17 heavy (non-hydrogen) atoms. The molecule has 0 aromatic rings. The van der Waals surface area contributed by atoms with Crippen molar-refractivity contribution in [1.82, 2.24) is 4.90 Å². The molecule has 0 bridgehead atoms. The summed E-state index contributed by atoms with van der Waals surface area (Å²) in [5, 5.41) is 0. The molecule has 1 spiro atoms. The largest absolute Gasteiger partial charge is 0.370 e. The van der Waals surface area contributed by atoms with Crippen LogP contribution in [0.4, 0.5) is 0 Å². The fourth-order valence-corrected chi connectivity index (χ4v) is 3.98. The molecule has 2 aliphatic heterocycles. The standard InChI is InChI=1S/C14H26N2O/c1-13(15)10-16(11-13)9-12-5-8-14(17-12)6-3-2-4-7-14/h12H,2-11,15H2,1H3. The van der Waals surface area contributed by atoms with Crippen molar-refractivity contribution in [1.29, 1.82) is 0 Å². The maximum Gasteiger partial charge on any atom is 0.0710 e. The first-order valence-electron chi connectivity index (χ1n) is 7.26. The highest BCUT2D eigenvalue weighted by molar-refractivity contribution is 4.98. The SMILES string of the molecule is CC1(N)CN(CC2CCC3(CCCCC3)O2)C1. The Morgan fingerprint density at radius 1 is 1.18 bits per heavy atom. The topological polar surface area (TPSA) is 38.5 Å². The van der Waals surface area contributed by atoms with Gasteiger partial charge in [0.1, 0.15) is 0 Å². The van der Waals surface area contributed by atoms with Gasteiger partial charge >= 0.3 is 0 Å². The maximum absolute atomic E-state index is 6.38. The predicted octanol–water partition coefficient (Wildman–Crippen LogP) is 1.90. The molecule has 3 heteroatoms. The summed E-state index contributed by atoms with van der Waals surface area (Å²) in [6.45, 7) is 5.33. The van der Waals surface area contributed by atoms with E-state index >= 15 is 0 Å². The zero-order chi connectivity index (χ0) is 11.9. The fourth-order valence-electron chi connectivity index (χ4n) is 3.98. The van der Waals surface area contributed by atoms with Gasteiger partial charge < -0.3 is 10.5 Å². The van der Waals surface area contributed by atoms with Crippen molar-refractivity contribution in [3.63, 3.8) is 0 Å². The number of nitrogens with zero attached hydrogens (tertiary/aromatic N) is 1. The lowest BCUT2D eigenvalue weighted by molar-refractivity contribution is -0.0815. The van der Waals surface area contributed by atoms with Crippen LogP contribution in [0, 0.1) is 0 Å². The molecule has 0 aromatic carbocycles. The molecule has 3 aliphatic rings. The predicted molar refractivity (Wildman–Crippen MR) is 69.0 cm³/mol. The first-order chi connectivity index (χ1) is 8.07. The number of hydrogen-bond donors (Lipinski definition) is 1. The van der Waals surface area contributed by atoms with Gasteiger partial charge in [-0.05, 0) is 32.6 Å². The summed E-state index contributed by atoms with van der Waals surface area (Å²) in [7, 11) is 0. The van der Waals surface area contributed by atoms with Crippen LogP contribution in [0.5, 0.6) is 0 Å². The number of rotatable bonds is 2. The minimum absolute atomic E-state index is 0.0567. The summed E-state index contributed by atoms with van der Waals surface area (Å²) < 4.78 is 6.38. The van der Waals surface area contributed by atoms with Crippen LogP contribution in [0.15, 0.2) is 0 Å². The number of nitrogens with two attached hydrogens (primary N) is 1. The summed E-state index contributed by atoms with van der Waals surface area (Å²) >= 11 is 0. The van der Waals surface area contributed by atoms with Crippen LogP contribution in [0.3, 0.4) is 0 Å². The van der Waals surface area contributed by atoms with Crippen molar-refractivity contribution >= 4 is 0 Å². The van der Waals surface area contributed by atoms with E-state index in [4.69, 9.17) is 10.5 Å². The van der Waals surface area contributed by atoms with E-state index in [-0.39, 0.29) is 11.1 Å². The average molecular weight is 238 g/mol. The van der Waals surface area contributed by atoms with Gasteiger partial charge in [0.2, 0.25) is 0 Å². The van der Waals surface area contributed by atoms with Gasteiger partial charge in [-0.2, -0.15) is 0 Å². The molecule has 1 aliphatic carbocycles. The third kappa shape index (κ3) is 2.51. The Kier molecular flexibility index (Phi) is 2.96. The van der Waals surface area contributed by atoms with Crippen LogP contribution in [0.2, 0.25) is 0 Å². The Balaban J connectivity index is 1.48. The van der Waals surface area contributed by atoms with Crippen LogP contribution in [0.1, 0.15) is 51.9 Å². The minimum atomic E-state index is 0.0567. The summed E-state index contributed by atoms with van der Waals surface area (Å²) in [6.07, 6.45) is 9.80. The Morgan fingerprint density at radius 2 is 1.88 bits per heavy atom. The van der Waals surface area contributed by atoms with Crippen LogP contribution >= 0.6 is 0 Å². The molecule has 1 unspecified atom stereocenters. The van der Waals surface area contributed by atoms with E-state index in [1.807, 2.05) is 0 Å². The van der Waals surface area contributed by atoms with E-state index < -0.39 is 0 Å². The van der Waals surface area contributed by atoms with Crippen molar-refractivity contribution in [3.05, 3.63) is 0 Å². The number of hydrogen-bond acceptors (Lipinski definition) is 3. The van der Waals surface area contributed by atoms with Crippen molar-refractivity contribution in [2.45, 2.75) is 69.1 Å². The monoisotopic (exact) mass is 238 g/mol. The van der Waals surface area contributed by atoms with Crippen molar-refractivity contribution < 1.29 is 4.74 Å². The number of ether oxygens (including phenoxy) is 1. The van der Waals surface area contributed by atoms with E-state index in [1.165, 1.54) is 44.9 Å². The van der Waals surface area contributed by atoms with E-state index in [0.717, 1.165) is 19.6 Å². The quantitative estimate of drug-likeness (QED) is 0.798. The second kappa shape index (κ2) is 4.22. The summed E-state index contributed by atoms with van der Waals surface area (Å²) in [5.41, 5.74) is 6.37. The van der Waals surface area contributed by atoms with Gasteiger partial charge in [-0.1, -0.05) is 19.3 Å². The lowest BCUT2D eigenvalue weighted by atomic mass is 9.83. The van der Waals surface area contributed by atoms with Gasteiger partial charge in [-0.15, -0.1) is 0 Å². The zero-order valence-electron chi connectivity index (χ0n) is 11.1. The smallest absolute Gasteiger partial charge is 0.0710 e. The van der Waals surface area contributed by atoms with Gasteiger partial charge in [0.05, 0.1) is 11.7 Å². The molecule has 1 atom stereocenters. The zero-order valence-corrected chi connectivity index (χ0v) is 11.1. The third-order valence-electron chi connectivity index (χ3n) is 4.73. The summed E-state index contributed by atoms with van der Waals surface area (Å²) in [6, 6.07) is 0. The van der Waals surface area contributed by atoms with Gasteiger partial charge in [-0.25, -0.2) is 0 Å². The molecule has 0 amide bonds. The second-order valence-electron chi connectivity index (χ2n) is 6.85. The highest BCUT2D eigenvalue weighted by Crippen LogP contribution is 2.42. The lowest BCUT2D eigenvalue weighted by Crippen LogP contribution is -2.66. The molecule has 3 rings (SSSR count). The van der Waals surface area contributed by atoms with Crippen LogP contribution in [-0.4, -0.2) is 41.8 Å². The molecule has 2 heterocycles. The molecule has 0 radical (unpaired) electrons. The van der Waals surface area contributed by atoms with Gasteiger partial charge in [-0.3, -0.25) is 4.90 Å². The van der Waals surface area contributed by atoms with Crippen LogP contribution in [-0.2, 0) is 4.74 Å². The molecular formula is C14H26N2O. The Morgan fingerprint density at radius 3 is 2.53 bits per heavy atom. The minimum Gasteiger partial charge on any atom is -0.370 e. The molecule has 2 saturated heterocycles. The highest BCUT2D eigenvalue weighted by Gasteiger charge is 2.43. The van der Waals surface area contributed by atoms with E-state index in [9.17, 15) is 0 Å². The maximum atomic E-state index is 6.38. The van der Waals surface area contributed by atoms with Crippen LogP contribution < -0.4 is 5.73 Å². The van der Waals surface area contributed by atoms with Gasteiger partial charge in [0, 0.05) is 25.2 Å². The lowest BCUT2D eigenvalue weighted by Gasteiger charge is -2.46. The molecule has 2 N–H and O–H groups in total. The highest BCUT2D eigenvalue weighted by atomic mass is 16.5. The molecular weight excluding hydrogens is 212 g/mol. The molecule has 98 valence electrons. The van der Waals surface area contributed by atoms with Crippen molar-refractivity contribution in [2.24, 2.45) is 5.73 Å². The Labute approximate surface area is 105 Å². The Hall–Kier alpha value is -0.120. The third-order valence-corrected chi connectivity index (χ3v) is 4.73. The average Bonchev–Trinajstić information content (AvgIpc) is 2.60. The van der Waals surface area contributed by atoms with E-state index in [2.05, 4.69) is 11.8 Å².